The summed E-state index contributed by atoms with van der Waals surface area (Å²) in [6, 6.07) is 19.2. The van der Waals surface area contributed by atoms with Gasteiger partial charge in [0.05, 0.1) is 34.1 Å². The van der Waals surface area contributed by atoms with Crippen LogP contribution < -0.4 is 29.0 Å². The summed E-state index contributed by atoms with van der Waals surface area (Å²) < 4.78 is 31.1. The van der Waals surface area contributed by atoms with Crippen molar-refractivity contribution in [3.05, 3.63) is 89.3 Å². The molecule has 6 rings (SSSR count). The molecule has 188 valence electrons. The normalized spacial score (nSPS) is 17.5. The minimum Gasteiger partial charge on any atom is -0.497 e. The molecule has 0 aliphatic carbocycles. The lowest BCUT2D eigenvalue weighted by Crippen LogP contribution is -2.32. The standard InChI is InChI=1S/C28H26N4O5/c1-33-17-10-12-20(34-2)19(14-17)27-24-25(18-7-5-6-8-21(18)37-27)31-28-29-15-30-32(28)26(24)16-9-11-22(35-3)23(13-16)36-4/h5-15,26-27H,1-4H3,(H,29,30,31)/t26-,27+/m0/s1. The molecule has 2 aliphatic rings. The smallest absolute Gasteiger partial charge is 0.226 e. The molecule has 1 aromatic heterocycles. The fourth-order valence-electron chi connectivity index (χ4n) is 5.06. The number of aromatic nitrogens is 3. The average Bonchev–Trinajstić information content (AvgIpc) is 3.43. The van der Waals surface area contributed by atoms with Crippen LogP contribution in [-0.2, 0) is 0 Å². The van der Waals surface area contributed by atoms with Crippen molar-refractivity contribution in [3.63, 3.8) is 0 Å². The molecule has 2 aliphatic heterocycles. The number of rotatable bonds is 6. The largest absolute Gasteiger partial charge is 0.497 e. The van der Waals surface area contributed by atoms with Crippen LogP contribution in [0.4, 0.5) is 5.95 Å². The quantitative estimate of drug-likeness (QED) is 0.403. The lowest BCUT2D eigenvalue weighted by atomic mass is 9.84. The summed E-state index contributed by atoms with van der Waals surface area (Å²) in [6.07, 6.45) is 1.03. The highest BCUT2D eigenvalue weighted by Gasteiger charge is 2.42. The molecule has 3 aromatic carbocycles. The third-order valence-electron chi connectivity index (χ3n) is 6.76. The molecule has 4 aromatic rings. The van der Waals surface area contributed by atoms with Crippen molar-refractivity contribution >= 4 is 11.6 Å². The van der Waals surface area contributed by atoms with Crippen LogP contribution in [0.1, 0.15) is 28.8 Å². The first kappa shape index (κ1) is 22.8. The van der Waals surface area contributed by atoms with E-state index in [1.54, 1.807) is 34.8 Å². The molecule has 0 bridgehead atoms. The van der Waals surface area contributed by atoms with E-state index in [0.717, 1.165) is 33.7 Å². The summed E-state index contributed by atoms with van der Waals surface area (Å²) in [5, 5.41) is 8.10. The molecule has 9 nitrogen and oxygen atoms in total. The van der Waals surface area contributed by atoms with Gasteiger partial charge in [0.15, 0.2) is 17.6 Å². The number of nitrogens with one attached hydrogen (secondary N) is 1. The zero-order valence-corrected chi connectivity index (χ0v) is 20.9. The Balaban J connectivity index is 1.63. The summed E-state index contributed by atoms with van der Waals surface area (Å²) in [5.41, 5.74) is 4.58. The third-order valence-corrected chi connectivity index (χ3v) is 6.76. The molecule has 0 radical (unpaired) electrons. The number of nitrogens with zero attached hydrogens (tertiary/aromatic N) is 3. The number of anilines is 1. The molecule has 0 unspecified atom stereocenters. The Hall–Kier alpha value is -4.66. The minimum atomic E-state index is -0.516. The third kappa shape index (κ3) is 3.62. The number of benzene rings is 3. The van der Waals surface area contributed by atoms with Crippen molar-refractivity contribution in [1.29, 1.82) is 0 Å². The molecular weight excluding hydrogens is 472 g/mol. The van der Waals surface area contributed by atoms with Gasteiger partial charge < -0.3 is 29.0 Å². The van der Waals surface area contributed by atoms with Crippen molar-refractivity contribution < 1.29 is 23.7 Å². The highest BCUT2D eigenvalue weighted by Crippen LogP contribution is 2.52. The second-order valence-electron chi connectivity index (χ2n) is 8.60. The number of ether oxygens (including phenoxy) is 5. The molecule has 9 heteroatoms. The van der Waals surface area contributed by atoms with E-state index in [-0.39, 0.29) is 6.04 Å². The van der Waals surface area contributed by atoms with Gasteiger partial charge >= 0.3 is 0 Å². The van der Waals surface area contributed by atoms with Crippen LogP contribution in [0.25, 0.3) is 5.70 Å². The Bertz CT molecular complexity index is 1510. The Kier molecular flexibility index (Phi) is 5.60. The molecule has 0 fully saturated rings. The van der Waals surface area contributed by atoms with Gasteiger partial charge in [0.25, 0.3) is 0 Å². The summed E-state index contributed by atoms with van der Waals surface area (Å²) in [4.78, 5) is 4.50. The van der Waals surface area contributed by atoms with Crippen LogP contribution in [0.5, 0.6) is 28.7 Å². The van der Waals surface area contributed by atoms with E-state index in [4.69, 9.17) is 23.7 Å². The maximum atomic E-state index is 6.72. The Morgan fingerprint density at radius 1 is 0.838 bits per heavy atom. The van der Waals surface area contributed by atoms with Gasteiger partial charge in [-0.15, -0.1) is 0 Å². The minimum absolute atomic E-state index is 0.359. The Labute approximate surface area is 214 Å². The van der Waals surface area contributed by atoms with E-state index in [9.17, 15) is 0 Å². The maximum absolute atomic E-state index is 6.72. The summed E-state index contributed by atoms with van der Waals surface area (Å²) in [5.74, 6) is 4.04. The SMILES string of the molecule is COc1ccc(OC)c([C@H]2Oc3ccccc3C3=C2[C@H](c2ccc(OC)c(OC)c2)n2ncnc2N3)c1. The first-order valence-corrected chi connectivity index (χ1v) is 11.8. The average molecular weight is 499 g/mol. The van der Waals surface area contributed by atoms with Crippen molar-refractivity contribution in [3.8, 4) is 28.7 Å². The topological polar surface area (TPSA) is 88.9 Å². The number of hydrogen-bond acceptors (Lipinski definition) is 8. The number of hydrogen-bond donors (Lipinski definition) is 1. The van der Waals surface area contributed by atoms with E-state index < -0.39 is 6.10 Å². The first-order chi connectivity index (χ1) is 18.2. The predicted molar refractivity (Wildman–Crippen MR) is 138 cm³/mol. The van der Waals surface area contributed by atoms with Gasteiger partial charge in [-0.05, 0) is 48.0 Å². The number of fused-ring (bicyclic) bond motifs is 3. The van der Waals surface area contributed by atoms with Crippen LogP contribution in [0.3, 0.4) is 0 Å². The van der Waals surface area contributed by atoms with E-state index >= 15 is 0 Å². The van der Waals surface area contributed by atoms with Crippen LogP contribution in [0.2, 0.25) is 0 Å². The fourth-order valence-corrected chi connectivity index (χ4v) is 5.06. The number of para-hydroxylation sites is 1. The maximum Gasteiger partial charge on any atom is 0.226 e. The summed E-state index contributed by atoms with van der Waals surface area (Å²) in [6.45, 7) is 0. The van der Waals surface area contributed by atoms with Crippen LogP contribution in [-0.4, -0.2) is 43.2 Å². The Morgan fingerprint density at radius 3 is 2.41 bits per heavy atom. The van der Waals surface area contributed by atoms with E-state index in [0.29, 0.717) is 28.9 Å². The molecule has 37 heavy (non-hydrogen) atoms. The zero-order valence-electron chi connectivity index (χ0n) is 20.9. The first-order valence-electron chi connectivity index (χ1n) is 11.8. The van der Waals surface area contributed by atoms with Gasteiger partial charge in [0.1, 0.15) is 29.6 Å². The van der Waals surface area contributed by atoms with E-state index in [1.165, 1.54) is 0 Å². The van der Waals surface area contributed by atoms with Crippen molar-refractivity contribution in [1.82, 2.24) is 14.8 Å². The van der Waals surface area contributed by atoms with Gasteiger partial charge in [0, 0.05) is 16.7 Å². The van der Waals surface area contributed by atoms with Gasteiger partial charge in [-0.1, -0.05) is 18.2 Å². The Morgan fingerprint density at radius 2 is 1.62 bits per heavy atom. The lowest BCUT2D eigenvalue weighted by molar-refractivity contribution is 0.217. The van der Waals surface area contributed by atoms with Crippen LogP contribution >= 0.6 is 0 Å². The molecule has 0 saturated heterocycles. The number of methoxy groups -OCH3 is 4. The fraction of sp³-hybridized carbons (Fsp3) is 0.214. The molecule has 2 atom stereocenters. The second-order valence-corrected chi connectivity index (χ2v) is 8.60. The van der Waals surface area contributed by atoms with Gasteiger partial charge in [-0.25, -0.2) is 4.68 Å². The molecule has 0 spiro atoms. The van der Waals surface area contributed by atoms with Gasteiger partial charge in [-0.3, -0.25) is 0 Å². The predicted octanol–water partition coefficient (Wildman–Crippen LogP) is 4.87. The van der Waals surface area contributed by atoms with Crippen molar-refractivity contribution in [2.45, 2.75) is 12.1 Å². The monoisotopic (exact) mass is 498 g/mol. The van der Waals surface area contributed by atoms with Crippen LogP contribution in [0, 0.1) is 0 Å². The molecule has 0 saturated carbocycles. The molecule has 1 N–H and O–H groups in total. The van der Waals surface area contributed by atoms with Crippen molar-refractivity contribution in [2.75, 3.05) is 33.8 Å². The highest BCUT2D eigenvalue weighted by atomic mass is 16.5. The lowest BCUT2D eigenvalue weighted by Gasteiger charge is -2.39. The molecule has 0 amide bonds. The van der Waals surface area contributed by atoms with E-state index in [1.807, 2.05) is 65.3 Å². The van der Waals surface area contributed by atoms with E-state index in [2.05, 4.69) is 15.4 Å². The summed E-state index contributed by atoms with van der Waals surface area (Å²) in [7, 11) is 6.54. The zero-order chi connectivity index (χ0) is 25.5. The van der Waals surface area contributed by atoms with Crippen LogP contribution in [0.15, 0.2) is 72.6 Å². The van der Waals surface area contributed by atoms with Gasteiger partial charge in [0.2, 0.25) is 5.95 Å². The second kappa shape index (κ2) is 9.09. The molecule has 3 heterocycles. The van der Waals surface area contributed by atoms with Gasteiger partial charge in [-0.2, -0.15) is 10.1 Å². The highest BCUT2D eigenvalue weighted by molar-refractivity contribution is 5.85. The van der Waals surface area contributed by atoms with Crippen molar-refractivity contribution in [2.24, 2.45) is 0 Å². The molecular formula is C28H26N4O5. The summed E-state index contributed by atoms with van der Waals surface area (Å²) >= 11 is 0.